The summed E-state index contributed by atoms with van der Waals surface area (Å²) in [6.45, 7) is 4.47. The summed E-state index contributed by atoms with van der Waals surface area (Å²) in [5.41, 5.74) is 3.01. The molecule has 2 bridgehead atoms. The fourth-order valence-electron chi connectivity index (χ4n) is 5.71. The highest BCUT2D eigenvalue weighted by atomic mass is 16.6. The number of fused-ring (bicyclic) bond motifs is 1. The van der Waals surface area contributed by atoms with Gasteiger partial charge in [-0.3, -0.25) is 14.4 Å². The SMILES string of the molecule is CCN(C(=O)c1cccc(NC(=O)C2C3CC4OC(=O)C2C4C3)c1)c1cccc(C)c1. The molecular weight excluding hydrogens is 392 g/mol. The van der Waals surface area contributed by atoms with Gasteiger partial charge in [-0.25, -0.2) is 0 Å². The number of carbonyl (C=O) groups is 3. The maximum absolute atomic E-state index is 13.2. The van der Waals surface area contributed by atoms with Gasteiger partial charge in [-0.2, -0.15) is 0 Å². The van der Waals surface area contributed by atoms with E-state index in [1.54, 1.807) is 29.2 Å². The molecule has 1 N–H and O–H groups in total. The van der Waals surface area contributed by atoms with Gasteiger partial charge >= 0.3 is 5.97 Å². The van der Waals surface area contributed by atoms with E-state index in [1.807, 2.05) is 38.1 Å². The first kappa shape index (κ1) is 19.8. The van der Waals surface area contributed by atoms with Gasteiger partial charge in [-0.05, 0) is 68.5 Å². The predicted octanol–water partition coefficient (Wildman–Crippen LogP) is 3.80. The Balaban J connectivity index is 1.34. The van der Waals surface area contributed by atoms with Crippen molar-refractivity contribution in [3.8, 4) is 0 Å². The Morgan fingerprint density at radius 1 is 1.13 bits per heavy atom. The molecule has 2 aromatic carbocycles. The molecule has 1 saturated heterocycles. The molecule has 160 valence electrons. The van der Waals surface area contributed by atoms with Crippen LogP contribution in [-0.2, 0) is 14.3 Å². The molecule has 6 nitrogen and oxygen atoms in total. The second-order valence-electron chi connectivity index (χ2n) is 8.88. The monoisotopic (exact) mass is 418 g/mol. The van der Waals surface area contributed by atoms with Crippen LogP contribution in [0.2, 0.25) is 0 Å². The van der Waals surface area contributed by atoms with Gasteiger partial charge in [0.05, 0.1) is 11.8 Å². The van der Waals surface area contributed by atoms with Crippen molar-refractivity contribution in [3.05, 3.63) is 59.7 Å². The van der Waals surface area contributed by atoms with Crippen LogP contribution in [0.3, 0.4) is 0 Å². The lowest BCUT2D eigenvalue weighted by atomic mass is 9.79. The van der Waals surface area contributed by atoms with Crippen molar-refractivity contribution in [2.24, 2.45) is 23.7 Å². The summed E-state index contributed by atoms with van der Waals surface area (Å²) in [6, 6.07) is 14.9. The molecule has 2 aliphatic carbocycles. The van der Waals surface area contributed by atoms with Crippen LogP contribution >= 0.6 is 0 Å². The molecule has 3 fully saturated rings. The Labute approximate surface area is 181 Å². The van der Waals surface area contributed by atoms with Crippen LogP contribution in [0.25, 0.3) is 0 Å². The van der Waals surface area contributed by atoms with E-state index in [9.17, 15) is 14.4 Å². The average Bonchev–Trinajstić information content (AvgIpc) is 3.37. The first-order chi connectivity index (χ1) is 15.0. The van der Waals surface area contributed by atoms with Gasteiger partial charge in [0.25, 0.3) is 5.91 Å². The van der Waals surface area contributed by atoms with Crippen molar-refractivity contribution in [2.45, 2.75) is 32.8 Å². The summed E-state index contributed by atoms with van der Waals surface area (Å²) >= 11 is 0. The molecule has 6 heteroatoms. The van der Waals surface area contributed by atoms with Crippen LogP contribution in [0.4, 0.5) is 11.4 Å². The second-order valence-corrected chi connectivity index (χ2v) is 8.88. The first-order valence-corrected chi connectivity index (χ1v) is 11.0. The number of esters is 1. The Kier molecular flexibility index (Phi) is 4.80. The molecule has 5 rings (SSSR count). The molecule has 1 aliphatic heterocycles. The Morgan fingerprint density at radius 3 is 2.71 bits per heavy atom. The van der Waals surface area contributed by atoms with E-state index in [0.29, 0.717) is 17.8 Å². The molecule has 2 saturated carbocycles. The number of benzene rings is 2. The highest BCUT2D eigenvalue weighted by Gasteiger charge is 2.63. The van der Waals surface area contributed by atoms with Crippen molar-refractivity contribution in [1.29, 1.82) is 0 Å². The summed E-state index contributed by atoms with van der Waals surface area (Å²) in [4.78, 5) is 40.2. The third-order valence-electron chi connectivity index (χ3n) is 7.04. The minimum atomic E-state index is -0.338. The van der Waals surface area contributed by atoms with E-state index >= 15 is 0 Å². The summed E-state index contributed by atoms with van der Waals surface area (Å²) < 4.78 is 5.44. The number of aryl methyl sites for hydroxylation is 1. The quantitative estimate of drug-likeness (QED) is 0.750. The number of nitrogens with one attached hydrogen (secondary N) is 1. The van der Waals surface area contributed by atoms with E-state index in [2.05, 4.69) is 5.32 Å². The van der Waals surface area contributed by atoms with Crippen LogP contribution < -0.4 is 10.2 Å². The minimum absolute atomic E-state index is 0.00847. The number of carbonyl (C=O) groups excluding carboxylic acids is 3. The lowest BCUT2D eigenvalue weighted by Crippen LogP contribution is -2.36. The number of anilines is 2. The van der Waals surface area contributed by atoms with Gasteiger partial charge in [-0.15, -0.1) is 0 Å². The van der Waals surface area contributed by atoms with Gasteiger partial charge in [-0.1, -0.05) is 18.2 Å². The Bertz CT molecular complexity index is 1060. The highest BCUT2D eigenvalue weighted by Crippen LogP contribution is 2.57. The van der Waals surface area contributed by atoms with Crippen molar-refractivity contribution >= 4 is 29.2 Å². The molecule has 1 heterocycles. The standard InChI is InChI=1S/C25H26N2O4/c1-3-27(18-9-4-6-14(2)10-18)24(29)15-7-5-8-17(11-15)26-23(28)21-16-12-19-20(13-16)31-25(30)22(19)21/h4-11,16,19-22H,3,12-13H2,1-2H3,(H,26,28). The van der Waals surface area contributed by atoms with E-state index in [0.717, 1.165) is 24.1 Å². The van der Waals surface area contributed by atoms with Gasteiger partial charge in [0.2, 0.25) is 5.91 Å². The van der Waals surface area contributed by atoms with Crippen LogP contribution in [0.1, 0.15) is 35.7 Å². The van der Waals surface area contributed by atoms with Gasteiger partial charge in [0.1, 0.15) is 6.10 Å². The molecular formula is C25H26N2O4. The van der Waals surface area contributed by atoms with E-state index in [4.69, 9.17) is 4.74 Å². The summed E-state index contributed by atoms with van der Waals surface area (Å²) in [7, 11) is 0. The molecule has 2 aromatic rings. The zero-order chi connectivity index (χ0) is 21.7. The van der Waals surface area contributed by atoms with Crippen LogP contribution in [0.15, 0.2) is 48.5 Å². The second kappa shape index (κ2) is 7.52. The predicted molar refractivity (Wildman–Crippen MR) is 117 cm³/mol. The molecule has 0 aromatic heterocycles. The maximum Gasteiger partial charge on any atom is 0.310 e. The number of ether oxygens (including phenoxy) is 1. The summed E-state index contributed by atoms with van der Waals surface area (Å²) in [5.74, 6) is -0.755. The lowest BCUT2D eigenvalue weighted by molar-refractivity contribution is -0.145. The van der Waals surface area contributed by atoms with Gasteiger partial charge in [0, 0.05) is 29.4 Å². The summed E-state index contributed by atoms with van der Waals surface area (Å²) in [5, 5.41) is 2.96. The first-order valence-electron chi connectivity index (χ1n) is 11.0. The van der Waals surface area contributed by atoms with E-state index < -0.39 is 0 Å². The zero-order valence-corrected chi connectivity index (χ0v) is 17.7. The zero-order valence-electron chi connectivity index (χ0n) is 17.7. The van der Waals surface area contributed by atoms with E-state index in [-0.39, 0.29) is 47.6 Å². The largest absolute Gasteiger partial charge is 0.462 e. The minimum Gasteiger partial charge on any atom is -0.462 e. The molecule has 0 radical (unpaired) electrons. The smallest absolute Gasteiger partial charge is 0.310 e. The number of amides is 2. The number of hydrogen-bond acceptors (Lipinski definition) is 4. The molecule has 3 aliphatic rings. The third kappa shape index (κ3) is 3.30. The maximum atomic E-state index is 13.2. The number of nitrogens with zero attached hydrogens (tertiary/aromatic N) is 1. The lowest BCUT2D eigenvalue weighted by Gasteiger charge is -2.24. The van der Waals surface area contributed by atoms with Crippen molar-refractivity contribution in [3.63, 3.8) is 0 Å². The van der Waals surface area contributed by atoms with Crippen molar-refractivity contribution in [1.82, 2.24) is 0 Å². The molecule has 5 atom stereocenters. The van der Waals surface area contributed by atoms with Gasteiger partial charge < -0.3 is 15.0 Å². The fraction of sp³-hybridized carbons (Fsp3) is 0.400. The van der Waals surface area contributed by atoms with Gasteiger partial charge in [0.15, 0.2) is 0 Å². The molecule has 2 amide bonds. The number of rotatable bonds is 5. The fourth-order valence-corrected chi connectivity index (χ4v) is 5.71. The molecule has 31 heavy (non-hydrogen) atoms. The topological polar surface area (TPSA) is 75.7 Å². The molecule has 5 unspecified atom stereocenters. The summed E-state index contributed by atoms with van der Waals surface area (Å²) in [6.07, 6.45) is 1.68. The van der Waals surface area contributed by atoms with Crippen molar-refractivity contribution < 1.29 is 19.1 Å². The Morgan fingerprint density at radius 2 is 1.94 bits per heavy atom. The normalized spacial score (nSPS) is 27.8. The third-order valence-corrected chi connectivity index (χ3v) is 7.04. The number of hydrogen-bond donors (Lipinski definition) is 1. The average molecular weight is 418 g/mol. The van der Waals surface area contributed by atoms with Crippen LogP contribution in [0.5, 0.6) is 0 Å². The van der Waals surface area contributed by atoms with Crippen molar-refractivity contribution in [2.75, 3.05) is 16.8 Å². The van der Waals surface area contributed by atoms with Crippen LogP contribution in [-0.4, -0.2) is 30.4 Å². The van der Waals surface area contributed by atoms with Crippen LogP contribution in [0, 0.1) is 30.6 Å². The highest BCUT2D eigenvalue weighted by molar-refractivity contribution is 6.07. The molecule has 0 spiro atoms. The van der Waals surface area contributed by atoms with E-state index in [1.165, 1.54) is 0 Å². The Hall–Kier alpha value is -3.15.